The molecule has 0 radical (unpaired) electrons. The second kappa shape index (κ2) is 14.9. The lowest BCUT2D eigenvalue weighted by molar-refractivity contribution is 0.790. The van der Waals surface area contributed by atoms with Crippen LogP contribution in [0.5, 0.6) is 0 Å². The number of para-hydroxylation sites is 3. The number of nitrogens with two attached hydrogens (primary N) is 2. The highest BCUT2D eigenvalue weighted by Gasteiger charge is 2.21. The van der Waals surface area contributed by atoms with Crippen molar-refractivity contribution in [2.45, 2.75) is 13.6 Å². The summed E-state index contributed by atoms with van der Waals surface area (Å²) in [7, 11) is 0. The van der Waals surface area contributed by atoms with E-state index in [0.29, 0.717) is 6.67 Å². The van der Waals surface area contributed by atoms with Gasteiger partial charge in [-0.3, -0.25) is 10.4 Å². The van der Waals surface area contributed by atoms with E-state index in [4.69, 9.17) is 26.8 Å². The molecule has 0 aliphatic rings. The molecule has 0 saturated carbocycles. The molecule has 0 amide bonds. The van der Waals surface area contributed by atoms with Gasteiger partial charge in [0.15, 0.2) is 0 Å². The number of pyridine rings is 2. The summed E-state index contributed by atoms with van der Waals surface area (Å²) in [5.41, 5.74) is 24.9. The fourth-order valence-corrected chi connectivity index (χ4v) is 7.76. The average molecular weight is 741 g/mol. The molecule has 5 N–H and O–H groups in total. The van der Waals surface area contributed by atoms with Crippen LogP contribution in [0.4, 0.5) is 0 Å². The molecule has 0 atom stereocenters. The van der Waals surface area contributed by atoms with Gasteiger partial charge < -0.3 is 25.2 Å². The molecule has 11 rings (SSSR count). The first-order valence-corrected chi connectivity index (χ1v) is 18.9. The minimum Gasteiger partial charge on any atom is -0.384 e. The maximum atomic E-state index is 7.01. The highest BCUT2D eigenvalue weighted by molar-refractivity contribution is 6.15. The Bertz CT molecular complexity index is 3200. The van der Waals surface area contributed by atoms with Gasteiger partial charge in [-0.25, -0.2) is 4.98 Å². The van der Waals surface area contributed by atoms with Gasteiger partial charge >= 0.3 is 0 Å². The summed E-state index contributed by atoms with van der Waals surface area (Å²) in [6, 6.07) is 60.0. The number of aryl methyl sites for hydroxylation is 1. The second-order valence-corrected chi connectivity index (χ2v) is 13.9. The number of nitrogens with one attached hydrogen (secondary N) is 1. The molecule has 6 aromatic carbocycles. The zero-order valence-electron chi connectivity index (χ0n) is 31.4. The van der Waals surface area contributed by atoms with Crippen molar-refractivity contribution >= 4 is 71.6 Å². The smallest absolute Gasteiger partial charge is 0.122 e. The third-order valence-corrected chi connectivity index (χ3v) is 10.4. The molecule has 0 unspecified atom stereocenters. The number of benzene rings is 6. The molecule has 0 bridgehead atoms. The second-order valence-electron chi connectivity index (χ2n) is 13.9. The summed E-state index contributed by atoms with van der Waals surface area (Å²) in [5.74, 6) is 0.121. The first kappa shape index (κ1) is 35.2. The van der Waals surface area contributed by atoms with Crippen LogP contribution in [0.2, 0.25) is 0 Å². The fraction of sp³-hybridized carbons (Fsp3) is 0.0408. The number of fused-ring (bicyclic) bond motifs is 9. The SMILES string of the molecule is Cc1ccccc1.N=C(N)c1ccccc1.NCn1c2ccccc2c2cc(-n3c4cccnc4c4nc5c6ccccc6n(-c6ccccc6)c5cc43)ccc21. The van der Waals surface area contributed by atoms with Crippen LogP contribution < -0.4 is 11.5 Å². The lowest BCUT2D eigenvalue weighted by Gasteiger charge is -2.10. The first-order valence-electron chi connectivity index (χ1n) is 18.9. The largest absolute Gasteiger partial charge is 0.384 e. The van der Waals surface area contributed by atoms with Crippen molar-refractivity contribution in [3.8, 4) is 11.4 Å². The summed E-state index contributed by atoms with van der Waals surface area (Å²) < 4.78 is 6.78. The molecule has 0 aliphatic heterocycles. The van der Waals surface area contributed by atoms with Crippen molar-refractivity contribution < 1.29 is 0 Å². The molecule has 5 heterocycles. The number of nitrogens with zero attached hydrogens (tertiary/aromatic N) is 5. The van der Waals surface area contributed by atoms with Gasteiger partial charge in [0.25, 0.3) is 0 Å². The average Bonchev–Trinajstić information content (AvgIpc) is 3.89. The van der Waals surface area contributed by atoms with Crippen LogP contribution in [0.15, 0.2) is 182 Å². The van der Waals surface area contributed by atoms with Crippen molar-refractivity contribution in [3.05, 3.63) is 193 Å². The predicted molar refractivity (Wildman–Crippen MR) is 237 cm³/mol. The predicted octanol–water partition coefficient (Wildman–Crippen LogP) is 10.7. The zero-order chi connectivity index (χ0) is 38.9. The van der Waals surface area contributed by atoms with E-state index >= 15 is 0 Å². The van der Waals surface area contributed by atoms with Gasteiger partial charge in [-0.1, -0.05) is 121 Å². The Morgan fingerprint density at radius 1 is 0.509 bits per heavy atom. The molecule has 0 aliphatic carbocycles. The van der Waals surface area contributed by atoms with Crippen LogP contribution in [-0.2, 0) is 6.67 Å². The minimum absolute atomic E-state index is 0.121. The van der Waals surface area contributed by atoms with E-state index in [2.05, 4.69) is 142 Å². The van der Waals surface area contributed by atoms with E-state index in [1.54, 1.807) is 0 Å². The van der Waals surface area contributed by atoms with E-state index in [1.165, 1.54) is 16.3 Å². The van der Waals surface area contributed by atoms with Crippen LogP contribution >= 0.6 is 0 Å². The summed E-state index contributed by atoms with van der Waals surface area (Å²) in [6.45, 7) is 2.51. The molecular formula is C49H40N8. The number of hydrogen-bond acceptors (Lipinski definition) is 4. The third-order valence-electron chi connectivity index (χ3n) is 10.4. The van der Waals surface area contributed by atoms with Gasteiger partial charge in [0.2, 0.25) is 0 Å². The molecule has 0 fully saturated rings. The van der Waals surface area contributed by atoms with E-state index in [1.807, 2.05) is 60.8 Å². The molecular weight excluding hydrogens is 701 g/mol. The van der Waals surface area contributed by atoms with E-state index in [0.717, 1.165) is 72.0 Å². The summed E-state index contributed by atoms with van der Waals surface area (Å²) in [4.78, 5) is 10.2. The Labute approximate surface area is 329 Å². The fourth-order valence-electron chi connectivity index (χ4n) is 7.76. The van der Waals surface area contributed by atoms with Crippen molar-refractivity contribution in [1.82, 2.24) is 23.7 Å². The Morgan fingerprint density at radius 3 is 1.75 bits per heavy atom. The van der Waals surface area contributed by atoms with Gasteiger partial charge in [-0.15, -0.1) is 0 Å². The number of rotatable bonds is 4. The van der Waals surface area contributed by atoms with Gasteiger partial charge in [-0.05, 0) is 67.6 Å². The van der Waals surface area contributed by atoms with Crippen molar-refractivity contribution in [3.63, 3.8) is 0 Å². The van der Waals surface area contributed by atoms with Gasteiger partial charge in [0, 0.05) is 39.3 Å². The topological polar surface area (TPSA) is 116 Å². The maximum absolute atomic E-state index is 7.01. The first-order chi connectivity index (χ1) is 28.0. The molecule has 11 aromatic rings. The van der Waals surface area contributed by atoms with E-state index < -0.39 is 0 Å². The van der Waals surface area contributed by atoms with Crippen molar-refractivity contribution in [2.75, 3.05) is 0 Å². The minimum atomic E-state index is 0.121. The van der Waals surface area contributed by atoms with Crippen LogP contribution in [0.25, 0.3) is 77.2 Å². The van der Waals surface area contributed by atoms with Crippen LogP contribution in [0.3, 0.4) is 0 Å². The Hall–Kier alpha value is -7.55. The van der Waals surface area contributed by atoms with Crippen molar-refractivity contribution in [2.24, 2.45) is 11.5 Å². The van der Waals surface area contributed by atoms with Crippen molar-refractivity contribution in [1.29, 1.82) is 5.41 Å². The Morgan fingerprint density at radius 2 is 1.09 bits per heavy atom. The molecule has 5 aromatic heterocycles. The molecule has 0 spiro atoms. The van der Waals surface area contributed by atoms with E-state index in [-0.39, 0.29) is 5.84 Å². The highest BCUT2D eigenvalue weighted by atomic mass is 15.1. The van der Waals surface area contributed by atoms with Gasteiger partial charge in [-0.2, -0.15) is 0 Å². The monoisotopic (exact) mass is 740 g/mol. The van der Waals surface area contributed by atoms with Crippen LogP contribution in [0, 0.1) is 12.3 Å². The maximum Gasteiger partial charge on any atom is 0.122 e. The van der Waals surface area contributed by atoms with Crippen LogP contribution in [-0.4, -0.2) is 29.5 Å². The van der Waals surface area contributed by atoms with Gasteiger partial charge in [0.1, 0.15) is 16.9 Å². The molecule has 0 saturated heterocycles. The third kappa shape index (κ3) is 6.34. The molecule has 57 heavy (non-hydrogen) atoms. The number of aromatic nitrogens is 5. The summed E-state index contributed by atoms with van der Waals surface area (Å²) in [6.07, 6.45) is 1.85. The summed E-state index contributed by atoms with van der Waals surface area (Å²) >= 11 is 0. The zero-order valence-corrected chi connectivity index (χ0v) is 31.4. The molecule has 8 nitrogen and oxygen atoms in total. The number of amidine groups is 1. The normalized spacial score (nSPS) is 11.2. The lowest BCUT2D eigenvalue weighted by atomic mass is 10.1. The quantitative estimate of drug-likeness (QED) is 0.123. The molecule has 8 heteroatoms. The van der Waals surface area contributed by atoms with E-state index in [9.17, 15) is 0 Å². The number of nitrogen functional groups attached to an aromatic ring is 1. The Balaban J connectivity index is 0.000000220. The lowest BCUT2D eigenvalue weighted by Crippen LogP contribution is -2.10. The van der Waals surface area contributed by atoms with Gasteiger partial charge in [0.05, 0.1) is 45.3 Å². The molecule has 276 valence electrons. The standard InChI is InChI=1S/C35H24N6.C7H8N2.C7H8/c36-21-39-27-13-6-4-11-24(27)26-19-23(16-17-28(26)39)41-30-15-8-18-37-34(30)35-32(41)20-31-33(38-35)25-12-5-7-14-29(25)40(31)22-9-2-1-3-10-22;8-7(9)6-4-2-1-3-5-6;1-7-5-3-2-4-6-7/h1-20H,21,36H2;1-5H,(H3,8,9);2-6H,1H3. The highest BCUT2D eigenvalue weighted by Crippen LogP contribution is 2.38. The van der Waals surface area contributed by atoms with Crippen LogP contribution in [0.1, 0.15) is 11.1 Å². The Kier molecular flexibility index (Phi) is 9.22. The number of hydrogen-bond donors (Lipinski definition) is 3. The summed E-state index contributed by atoms with van der Waals surface area (Å²) in [5, 5.41) is 10.5.